The molecular weight excluding hydrogens is 376 g/mol. The van der Waals surface area contributed by atoms with Crippen LogP contribution in [0.4, 0.5) is 5.69 Å². The molecule has 1 saturated heterocycles. The van der Waals surface area contributed by atoms with Crippen molar-refractivity contribution in [3.8, 4) is 0 Å². The Morgan fingerprint density at radius 1 is 0.964 bits per heavy atom. The van der Waals surface area contributed by atoms with E-state index in [1.54, 1.807) is 24.3 Å². The van der Waals surface area contributed by atoms with Crippen molar-refractivity contribution < 1.29 is 9.59 Å². The molecule has 1 aliphatic heterocycles. The van der Waals surface area contributed by atoms with Gasteiger partial charge in [-0.15, -0.1) is 0 Å². The Hall–Kier alpha value is -2.41. The molecule has 7 heteroatoms. The van der Waals surface area contributed by atoms with Crippen molar-refractivity contribution in [3.05, 3.63) is 64.7 Å². The minimum atomic E-state index is -0.311. The van der Waals surface area contributed by atoms with Crippen LogP contribution in [-0.4, -0.2) is 61.4 Å². The van der Waals surface area contributed by atoms with Crippen molar-refractivity contribution in [3.63, 3.8) is 0 Å². The largest absolute Gasteiger partial charge is 0.343 e. The second kappa shape index (κ2) is 9.68. The fourth-order valence-electron chi connectivity index (χ4n) is 3.03. The summed E-state index contributed by atoms with van der Waals surface area (Å²) in [5, 5.41) is 5.96. The molecule has 1 aliphatic rings. The first-order valence-electron chi connectivity index (χ1n) is 9.33. The van der Waals surface area contributed by atoms with Gasteiger partial charge in [0.1, 0.15) is 0 Å². The summed E-state index contributed by atoms with van der Waals surface area (Å²) in [6.07, 6.45) is 0. The van der Waals surface area contributed by atoms with Gasteiger partial charge in [-0.05, 0) is 49.0 Å². The number of anilines is 1. The van der Waals surface area contributed by atoms with Gasteiger partial charge < -0.3 is 15.5 Å². The molecule has 2 aromatic carbocycles. The van der Waals surface area contributed by atoms with Crippen molar-refractivity contribution >= 4 is 29.1 Å². The Balaban J connectivity index is 1.43. The lowest BCUT2D eigenvalue weighted by molar-refractivity contribution is -0.115. The van der Waals surface area contributed by atoms with Crippen LogP contribution in [-0.2, 0) is 11.3 Å². The topological polar surface area (TPSA) is 64.7 Å². The molecule has 0 aliphatic carbocycles. The van der Waals surface area contributed by atoms with Crippen LogP contribution in [0.2, 0.25) is 5.02 Å². The van der Waals surface area contributed by atoms with E-state index in [-0.39, 0.29) is 18.4 Å². The van der Waals surface area contributed by atoms with Crippen molar-refractivity contribution in [2.45, 2.75) is 6.54 Å². The number of piperazine rings is 1. The number of amides is 2. The zero-order valence-corrected chi connectivity index (χ0v) is 16.7. The Bertz CT molecular complexity index is 800. The Kier molecular flexibility index (Phi) is 7.03. The van der Waals surface area contributed by atoms with Gasteiger partial charge >= 0.3 is 0 Å². The van der Waals surface area contributed by atoms with Crippen molar-refractivity contribution in [2.75, 3.05) is 45.1 Å². The fourth-order valence-corrected chi connectivity index (χ4v) is 3.15. The number of carbonyl (C=O) groups is 2. The van der Waals surface area contributed by atoms with Crippen molar-refractivity contribution in [2.24, 2.45) is 0 Å². The number of nitrogens with zero attached hydrogens (tertiary/aromatic N) is 2. The van der Waals surface area contributed by atoms with Crippen LogP contribution in [0.3, 0.4) is 0 Å². The van der Waals surface area contributed by atoms with Crippen LogP contribution in [0.15, 0.2) is 48.5 Å². The molecule has 3 rings (SSSR count). The fraction of sp³-hybridized carbons (Fsp3) is 0.333. The average molecular weight is 401 g/mol. The summed E-state index contributed by atoms with van der Waals surface area (Å²) in [4.78, 5) is 28.9. The Labute approximate surface area is 170 Å². The molecule has 2 amide bonds. The van der Waals surface area contributed by atoms with E-state index < -0.39 is 0 Å². The van der Waals surface area contributed by atoms with E-state index in [9.17, 15) is 9.59 Å². The highest BCUT2D eigenvalue weighted by Gasteiger charge is 2.14. The monoisotopic (exact) mass is 400 g/mol. The van der Waals surface area contributed by atoms with Gasteiger partial charge in [-0.3, -0.25) is 14.5 Å². The lowest BCUT2D eigenvalue weighted by Crippen LogP contribution is -2.43. The van der Waals surface area contributed by atoms with E-state index in [1.807, 2.05) is 24.3 Å². The minimum absolute atomic E-state index is 0.0928. The van der Waals surface area contributed by atoms with Crippen molar-refractivity contribution in [1.29, 1.82) is 0 Å². The van der Waals surface area contributed by atoms with E-state index in [0.717, 1.165) is 32.7 Å². The van der Waals surface area contributed by atoms with Crippen molar-refractivity contribution in [1.82, 2.24) is 15.1 Å². The molecule has 6 nitrogen and oxygen atoms in total. The summed E-state index contributed by atoms with van der Waals surface area (Å²) in [6, 6.07) is 14.4. The van der Waals surface area contributed by atoms with Crippen LogP contribution in [0.25, 0.3) is 0 Å². The first-order valence-corrected chi connectivity index (χ1v) is 9.71. The average Bonchev–Trinajstić information content (AvgIpc) is 2.70. The quantitative estimate of drug-likeness (QED) is 0.781. The maximum atomic E-state index is 12.1. The highest BCUT2D eigenvalue weighted by molar-refractivity contribution is 6.30. The standard InChI is InChI=1S/C21H25ClN4O2/c1-25-10-12-26(13-11-25)15-16-2-8-19(9-3-16)24-20(27)14-23-21(28)17-4-6-18(22)7-5-17/h2-9H,10-15H2,1H3,(H,23,28)(H,24,27). The van der Waals surface area contributed by atoms with Gasteiger partial charge in [0.05, 0.1) is 6.54 Å². The normalized spacial score (nSPS) is 15.2. The molecule has 0 radical (unpaired) electrons. The minimum Gasteiger partial charge on any atom is -0.343 e. The van der Waals surface area contributed by atoms with Gasteiger partial charge in [0.15, 0.2) is 0 Å². The zero-order chi connectivity index (χ0) is 19.9. The Morgan fingerprint density at radius 2 is 1.61 bits per heavy atom. The van der Waals surface area contributed by atoms with Gasteiger partial charge in [-0.25, -0.2) is 0 Å². The predicted molar refractivity (Wildman–Crippen MR) is 112 cm³/mol. The number of rotatable bonds is 6. The zero-order valence-electron chi connectivity index (χ0n) is 16.0. The number of likely N-dealkylation sites (N-methyl/N-ethyl adjacent to an activating group) is 1. The maximum absolute atomic E-state index is 12.1. The van der Waals surface area contributed by atoms with E-state index >= 15 is 0 Å². The summed E-state index contributed by atoms with van der Waals surface area (Å²) in [7, 11) is 2.15. The molecule has 1 fully saturated rings. The molecule has 0 spiro atoms. The lowest BCUT2D eigenvalue weighted by Gasteiger charge is -2.32. The molecule has 0 atom stereocenters. The van der Waals surface area contributed by atoms with Crippen LogP contribution >= 0.6 is 11.6 Å². The third kappa shape index (κ3) is 6.05. The summed E-state index contributed by atoms with van der Waals surface area (Å²) >= 11 is 5.81. The summed E-state index contributed by atoms with van der Waals surface area (Å²) < 4.78 is 0. The molecule has 0 bridgehead atoms. The van der Waals surface area contributed by atoms with Crippen LogP contribution in [0.1, 0.15) is 15.9 Å². The molecule has 2 aromatic rings. The number of hydrogen-bond donors (Lipinski definition) is 2. The molecule has 0 saturated carbocycles. The van der Waals surface area contributed by atoms with E-state index in [2.05, 4.69) is 27.5 Å². The smallest absolute Gasteiger partial charge is 0.251 e. The van der Waals surface area contributed by atoms with E-state index in [0.29, 0.717) is 16.3 Å². The molecular formula is C21H25ClN4O2. The van der Waals surface area contributed by atoms with E-state index in [4.69, 9.17) is 11.6 Å². The van der Waals surface area contributed by atoms with Crippen LogP contribution < -0.4 is 10.6 Å². The number of benzene rings is 2. The highest BCUT2D eigenvalue weighted by Crippen LogP contribution is 2.13. The molecule has 148 valence electrons. The number of nitrogens with one attached hydrogen (secondary N) is 2. The molecule has 0 unspecified atom stereocenters. The third-order valence-corrected chi connectivity index (χ3v) is 5.01. The van der Waals surface area contributed by atoms with Gasteiger partial charge in [0, 0.05) is 49.0 Å². The first kappa shape index (κ1) is 20.3. The second-order valence-corrected chi connectivity index (χ2v) is 7.45. The molecule has 2 N–H and O–H groups in total. The lowest BCUT2D eigenvalue weighted by atomic mass is 10.2. The van der Waals surface area contributed by atoms with Gasteiger partial charge in [-0.1, -0.05) is 23.7 Å². The van der Waals surface area contributed by atoms with Crippen LogP contribution in [0, 0.1) is 0 Å². The van der Waals surface area contributed by atoms with Gasteiger partial charge in [-0.2, -0.15) is 0 Å². The number of hydrogen-bond acceptors (Lipinski definition) is 4. The van der Waals surface area contributed by atoms with Gasteiger partial charge in [0.2, 0.25) is 5.91 Å². The van der Waals surface area contributed by atoms with E-state index in [1.165, 1.54) is 5.56 Å². The molecule has 28 heavy (non-hydrogen) atoms. The summed E-state index contributed by atoms with van der Waals surface area (Å²) in [5.74, 6) is -0.580. The summed E-state index contributed by atoms with van der Waals surface area (Å²) in [5.41, 5.74) is 2.40. The number of carbonyl (C=O) groups excluding carboxylic acids is 2. The van der Waals surface area contributed by atoms with Gasteiger partial charge in [0.25, 0.3) is 5.91 Å². The SMILES string of the molecule is CN1CCN(Cc2ccc(NC(=O)CNC(=O)c3ccc(Cl)cc3)cc2)CC1. The number of halogens is 1. The molecule has 1 heterocycles. The Morgan fingerprint density at radius 3 is 2.25 bits per heavy atom. The summed E-state index contributed by atoms with van der Waals surface area (Å²) in [6.45, 7) is 5.15. The van der Waals surface area contributed by atoms with Crippen LogP contribution in [0.5, 0.6) is 0 Å². The highest BCUT2D eigenvalue weighted by atomic mass is 35.5. The second-order valence-electron chi connectivity index (χ2n) is 7.01. The first-order chi connectivity index (χ1) is 13.5. The predicted octanol–water partition coefficient (Wildman–Crippen LogP) is 2.46. The maximum Gasteiger partial charge on any atom is 0.251 e. The third-order valence-electron chi connectivity index (χ3n) is 4.76. The molecule has 0 aromatic heterocycles.